The Morgan fingerprint density at radius 2 is 1.44 bits per heavy atom. The van der Waals surface area contributed by atoms with Gasteiger partial charge in [0.15, 0.2) is 0 Å². The number of hydrogen-bond donors (Lipinski definition) is 4. The fourth-order valence-electron chi connectivity index (χ4n) is 0.788. The van der Waals surface area contributed by atoms with Crippen LogP contribution in [0.4, 0.5) is 4.79 Å². The third kappa shape index (κ3) is 11.9. The van der Waals surface area contributed by atoms with Crippen molar-refractivity contribution in [2.75, 3.05) is 0 Å². The Bertz CT molecular complexity index is 336. The van der Waals surface area contributed by atoms with Gasteiger partial charge in [-0.25, -0.2) is 4.79 Å². The number of carbonyl (C=O) groups is 2. The van der Waals surface area contributed by atoms with Crippen molar-refractivity contribution in [3.63, 3.8) is 0 Å². The molecule has 0 heterocycles. The molecule has 1 aromatic rings. The molecule has 16 heavy (non-hydrogen) atoms. The van der Waals surface area contributed by atoms with Gasteiger partial charge in [-0.2, -0.15) is 0 Å². The van der Waals surface area contributed by atoms with Crippen molar-refractivity contribution in [3.8, 4) is 5.75 Å². The molecule has 0 radical (unpaired) electrons. The maximum Gasteiger partial charge on any atom is 1.00 e. The molecule has 4 N–H and O–H groups in total. The molecule has 0 unspecified atom stereocenters. The van der Waals surface area contributed by atoms with Crippen molar-refractivity contribution in [2.45, 2.75) is 6.42 Å². The van der Waals surface area contributed by atoms with Crippen molar-refractivity contribution < 1.29 is 100 Å². The smallest absolute Gasteiger partial charge is 1.00 e. The molecular weight excluding hydrogens is 337 g/mol. The van der Waals surface area contributed by atoms with Crippen molar-refractivity contribution in [2.24, 2.45) is 0 Å². The van der Waals surface area contributed by atoms with Crippen LogP contribution in [0.2, 0.25) is 0 Å². The summed E-state index contributed by atoms with van der Waals surface area (Å²) in [7, 11) is 0. The second-order valence-corrected chi connectivity index (χ2v) is 2.52. The number of phenolic OH excluding ortho intramolecular Hbond substituents is 1. The minimum absolute atomic E-state index is 0. The van der Waals surface area contributed by atoms with E-state index >= 15 is 0 Å². The van der Waals surface area contributed by atoms with Crippen molar-refractivity contribution in [1.82, 2.24) is 0 Å². The van der Waals surface area contributed by atoms with Crippen molar-refractivity contribution >= 4 is 12.1 Å². The zero-order valence-electron chi connectivity index (χ0n) is 9.62. The van der Waals surface area contributed by atoms with Crippen LogP contribution in [0.5, 0.6) is 5.75 Å². The van der Waals surface area contributed by atoms with E-state index in [2.05, 4.69) is 0 Å². The maximum absolute atomic E-state index is 10.2. The first kappa shape index (κ1) is 18.2. The Balaban J connectivity index is -0.000000289. The van der Waals surface area contributed by atoms with Gasteiger partial charge >= 0.3 is 81.0 Å². The van der Waals surface area contributed by atoms with Gasteiger partial charge in [0.05, 0.1) is 6.42 Å². The molecule has 0 saturated carbocycles. The fraction of sp³-hybridized carbons (Fsp3) is 0.111. The standard InChI is InChI=1S/C8H8O3.CH2O3.Cs.H/c9-7-3-1-6(2-4-7)5-8(10)11;2-1(3)4;;/h1-4,9H,5H2,(H,10,11);(H2,2,3,4);;/q;;+1;-1. The number of aromatic hydroxyl groups is 1. The minimum Gasteiger partial charge on any atom is -1.00 e. The van der Waals surface area contributed by atoms with E-state index in [4.69, 9.17) is 25.2 Å². The van der Waals surface area contributed by atoms with Gasteiger partial charge in [0, 0.05) is 0 Å². The first-order valence-corrected chi connectivity index (χ1v) is 3.83. The van der Waals surface area contributed by atoms with Gasteiger partial charge in [-0.3, -0.25) is 4.79 Å². The molecule has 1 aromatic carbocycles. The number of carboxylic acids is 1. The Hall–Kier alpha value is -0.188. The van der Waals surface area contributed by atoms with Crippen LogP contribution >= 0.6 is 0 Å². The third-order valence-electron chi connectivity index (χ3n) is 1.29. The van der Waals surface area contributed by atoms with Crippen molar-refractivity contribution in [1.29, 1.82) is 0 Å². The van der Waals surface area contributed by atoms with Gasteiger partial charge < -0.3 is 21.9 Å². The molecule has 6 nitrogen and oxygen atoms in total. The molecule has 7 heteroatoms. The molecule has 0 atom stereocenters. The van der Waals surface area contributed by atoms with E-state index in [-0.39, 0.29) is 82.5 Å². The quantitative estimate of drug-likeness (QED) is 0.510. The summed E-state index contributed by atoms with van der Waals surface area (Å²) in [4.78, 5) is 18.7. The number of aliphatic carboxylic acids is 1. The maximum atomic E-state index is 10.2. The van der Waals surface area contributed by atoms with E-state index in [1.165, 1.54) is 12.1 Å². The number of rotatable bonds is 2. The van der Waals surface area contributed by atoms with Crippen molar-refractivity contribution in [3.05, 3.63) is 29.8 Å². The van der Waals surface area contributed by atoms with Crippen LogP contribution < -0.4 is 68.9 Å². The second kappa shape index (κ2) is 10.00. The Labute approximate surface area is 152 Å². The number of carboxylic acid groups (broad SMARTS) is 3. The predicted octanol–water partition coefficient (Wildman–Crippen LogP) is -1.64. The molecular formula is C9H11CsO6. The SMILES string of the molecule is O=C(O)Cc1ccc(O)cc1.O=C(O)O.[Cs+].[H-]. The van der Waals surface area contributed by atoms with Crippen LogP contribution in [0.3, 0.4) is 0 Å². The molecule has 1 rings (SSSR count). The molecule has 0 aliphatic carbocycles. The molecule has 0 spiro atoms. The molecule has 0 bridgehead atoms. The molecule has 0 amide bonds. The number of benzene rings is 1. The monoisotopic (exact) mass is 348 g/mol. The van der Waals surface area contributed by atoms with Crippen LogP contribution in [-0.4, -0.2) is 32.6 Å². The van der Waals surface area contributed by atoms with Gasteiger partial charge in [0.2, 0.25) is 0 Å². The second-order valence-electron chi connectivity index (χ2n) is 2.52. The number of hydrogen-bond acceptors (Lipinski definition) is 3. The van der Waals surface area contributed by atoms with Crippen LogP contribution in [0.15, 0.2) is 24.3 Å². The topological polar surface area (TPSA) is 115 Å². The van der Waals surface area contributed by atoms with E-state index in [0.29, 0.717) is 5.56 Å². The molecule has 0 aromatic heterocycles. The van der Waals surface area contributed by atoms with E-state index < -0.39 is 12.1 Å². The normalized spacial score (nSPS) is 8.00. The van der Waals surface area contributed by atoms with Crippen LogP contribution in [0, 0.1) is 0 Å². The van der Waals surface area contributed by atoms with Gasteiger partial charge in [-0.05, 0) is 17.7 Å². The van der Waals surface area contributed by atoms with E-state index in [0.717, 1.165) is 0 Å². The van der Waals surface area contributed by atoms with Crippen LogP contribution in [-0.2, 0) is 11.2 Å². The third-order valence-corrected chi connectivity index (χ3v) is 1.29. The summed E-state index contributed by atoms with van der Waals surface area (Å²) in [6.07, 6.45) is -1.83. The first-order chi connectivity index (χ1) is 6.91. The first-order valence-electron chi connectivity index (χ1n) is 3.83. The van der Waals surface area contributed by atoms with E-state index in [9.17, 15) is 4.79 Å². The predicted molar refractivity (Wildman–Crippen MR) is 51.2 cm³/mol. The van der Waals surface area contributed by atoms with E-state index in [1.807, 2.05) is 0 Å². The summed E-state index contributed by atoms with van der Waals surface area (Å²) in [6.45, 7) is 0. The zero-order valence-corrected chi connectivity index (χ0v) is 14.9. The summed E-state index contributed by atoms with van der Waals surface area (Å²) >= 11 is 0. The Morgan fingerprint density at radius 1 is 1.06 bits per heavy atom. The zero-order chi connectivity index (χ0) is 11.8. The van der Waals surface area contributed by atoms with Gasteiger partial charge in [-0.1, -0.05) is 12.1 Å². The molecule has 84 valence electrons. The summed E-state index contributed by atoms with van der Waals surface area (Å²) in [5, 5.41) is 31.2. The van der Waals surface area contributed by atoms with E-state index in [1.54, 1.807) is 12.1 Å². The number of phenols is 1. The Morgan fingerprint density at radius 3 is 1.75 bits per heavy atom. The Kier molecular flexibility index (Phi) is 11.4. The van der Waals surface area contributed by atoms with Crippen LogP contribution in [0.1, 0.15) is 6.99 Å². The molecule has 0 saturated heterocycles. The fourth-order valence-corrected chi connectivity index (χ4v) is 0.788. The van der Waals surface area contributed by atoms with Gasteiger partial charge in [0.1, 0.15) is 5.75 Å². The summed E-state index contributed by atoms with van der Waals surface area (Å²) < 4.78 is 0. The molecule has 0 aliphatic heterocycles. The van der Waals surface area contributed by atoms with Crippen LogP contribution in [0.25, 0.3) is 0 Å². The molecule has 0 fully saturated rings. The molecule has 0 aliphatic rings. The largest absolute Gasteiger partial charge is 1.00 e. The van der Waals surface area contributed by atoms with Gasteiger partial charge in [0.25, 0.3) is 0 Å². The summed E-state index contributed by atoms with van der Waals surface area (Å²) in [6, 6.07) is 6.11. The summed E-state index contributed by atoms with van der Waals surface area (Å²) in [5.41, 5.74) is 0.690. The minimum atomic E-state index is -1.83. The average molecular weight is 348 g/mol. The average Bonchev–Trinajstić information content (AvgIpc) is 2.07. The van der Waals surface area contributed by atoms with Gasteiger partial charge in [-0.15, -0.1) is 0 Å². The summed E-state index contributed by atoms with van der Waals surface area (Å²) in [5.74, 6) is -0.713.